The lowest BCUT2D eigenvalue weighted by atomic mass is 9.86. The number of rotatable bonds is 10. The topological polar surface area (TPSA) is 196 Å². The maximum absolute atomic E-state index is 13.1. The van der Waals surface area contributed by atoms with E-state index in [1.54, 1.807) is 11.8 Å². The second-order valence-electron chi connectivity index (χ2n) is 8.69. The third-order valence-electron chi connectivity index (χ3n) is 6.40. The lowest BCUT2D eigenvalue weighted by Gasteiger charge is -2.50. The lowest BCUT2D eigenvalue weighted by molar-refractivity contribution is -0.155. The standard InChI is InChI=1S/C21H28ClN7O5S3/c22-17-14(27-21(24)37-17)15(28-34)18(30)26-13-10-3-4-12(16(20(32)33)29(10)19(13)31)36-11-2-1-6-25-9(11)8-35-7-5-23/h9-11,13,25,34H,1-8,23H2,(H2,24,27)(H,26,30)(H,32,33)/b28-15-/t9?,10-,11?,13+/m1/s1. The first-order chi connectivity index (χ1) is 17.8. The molecule has 202 valence electrons. The molecule has 2 amide bonds. The number of nitrogens with zero attached hydrogens (tertiary/aromatic N) is 3. The van der Waals surface area contributed by atoms with Crippen molar-refractivity contribution in [3.63, 3.8) is 0 Å². The number of carbonyl (C=O) groups excluding carboxylic acids is 2. The molecule has 0 aromatic carbocycles. The average molecular weight is 590 g/mol. The molecule has 12 nitrogen and oxygen atoms in total. The van der Waals surface area contributed by atoms with Crippen molar-refractivity contribution in [1.29, 1.82) is 0 Å². The highest BCUT2D eigenvalue weighted by atomic mass is 35.5. The number of β-lactam (4-membered cyclic amide) rings is 1. The summed E-state index contributed by atoms with van der Waals surface area (Å²) in [7, 11) is 0. The van der Waals surface area contributed by atoms with Crippen LogP contribution >= 0.6 is 46.5 Å². The summed E-state index contributed by atoms with van der Waals surface area (Å²) in [6.07, 6.45) is 2.90. The van der Waals surface area contributed by atoms with Crippen molar-refractivity contribution >= 4 is 75.1 Å². The van der Waals surface area contributed by atoms with E-state index in [1.807, 2.05) is 0 Å². The second-order valence-corrected chi connectivity index (χ2v) is 12.8. The minimum atomic E-state index is -1.18. The molecule has 0 saturated carbocycles. The molecule has 4 rings (SSSR count). The molecule has 0 bridgehead atoms. The summed E-state index contributed by atoms with van der Waals surface area (Å²) in [6.45, 7) is 1.53. The van der Waals surface area contributed by atoms with E-state index in [0.29, 0.717) is 24.3 Å². The Morgan fingerprint density at radius 2 is 2.16 bits per heavy atom. The van der Waals surface area contributed by atoms with Gasteiger partial charge in [0.15, 0.2) is 10.8 Å². The third-order valence-corrected chi connectivity index (χ3v) is 10.1. The van der Waals surface area contributed by atoms with Gasteiger partial charge in [-0.25, -0.2) is 9.78 Å². The number of aromatic nitrogens is 1. The van der Waals surface area contributed by atoms with Crippen LogP contribution in [0, 0.1) is 0 Å². The number of anilines is 1. The number of carboxylic acids is 1. The molecular formula is C21H28ClN7O5S3. The highest BCUT2D eigenvalue weighted by Crippen LogP contribution is 2.44. The van der Waals surface area contributed by atoms with Crippen molar-refractivity contribution in [3.05, 3.63) is 20.6 Å². The van der Waals surface area contributed by atoms with Gasteiger partial charge in [-0.05, 0) is 32.2 Å². The summed E-state index contributed by atoms with van der Waals surface area (Å²) < 4.78 is 0.0642. The largest absolute Gasteiger partial charge is 0.477 e. The molecule has 0 aliphatic carbocycles. The molecule has 16 heteroatoms. The summed E-state index contributed by atoms with van der Waals surface area (Å²) in [5.74, 6) is -0.828. The number of nitrogens with one attached hydrogen (secondary N) is 2. The smallest absolute Gasteiger partial charge is 0.353 e. The molecule has 1 aromatic heterocycles. The van der Waals surface area contributed by atoms with Crippen LogP contribution in [0.25, 0.3) is 0 Å². The molecule has 8 N–H and O–H groups in total. The Balaban J connectivity index is 1.47. The van der Waals surface area contributed by atoms with Gasteiger partial charge in [0.05, 0.1) is 6.04 Å². The zero-order valence-corrected chi connectivity index (χ0v) is 22.9. The van der Waals surface area contributed by atoms with Gasteiger partial charge in [-0.2, -0.15) is 11.8 Å². The maximum Gasteiger partial charge on any atom is 0.353 e. The fourth-order valence-electron chi connectivity index (χ4n) is 4.72. The van der Waals surface area contributed by atoms with Gasteiger partial charge in [0.25, 0.3) is 11.8 Å². The fraction of sp³-hybridized carbons (Fsp3) is 0.571. The summed E-state index contributed by atoms with van der Waals surface area (Å²) in [6, 6.07) is -1.27. The van der Waals surface area contributed by atoms with Gasteiger partial charge in [0, 0.05) is 34.2 Å². The van der Waals surface area contributed by atoms with Gasteiger partial charge in [0.1, 0.15) is 21.8 Å². The van der Waals surface area contributed by atoms with Crippen molar-refractivity contribution in [1.82, 2.24) is 20.5 Å². The van der Waals surface area contributed by atoms with Crippen LogP contribution in [-0.2, 0) is 14.4 Å². The highest BCUT2D eigenvalue weighted by Gasteiger charge is 2.54. The number of piperidine rings is 1. The van der Waals surface area contributed by atoms with Gasteiger partial charge in [-0.3, -0.25) is 14.5 Å². The van der Waals surface area contributed by atoms with Gasteiger partial charge in [-0.1, -0.05) is 28.1 Å². The quantitative estimate of drug-likeness (QED) is 0.0745. The number of carboxylic acid groups (broad SMARTS) is 1. The first kappa shape index (κ1) is 28.0. The van der Waals surface area contributed by atoms with E-state index in [0.717, 1.165) is 42.2 Å². The summed E-state index contributed by atoms with van der Waals surface area (Å²) >= 11 is 10.2. The van der Waals surface area contributed by atoms with Crippen LogP contribution in [0.1, 0.15) is 31.4 Å². The van der Waals surface area contributed by atoms with Gasteiger partial charge < -0.3 is 32.4 Å². The molecule has 0 radical (unpaired) electrons. The Kier molecular flexibility index (Phi) is 9.24. The number of nitrogen functional groups attached to an aromatic ring is 1. The molecule has 0 spiro atoms. The Labute approximate surface area is 230 Å². The highest BCUT2D eigenvalue weighted by molar-refractivity contribution is 8.03. The van der Waals surface area contributed by atoms with E-state index in [1.165, 1.54) is 16.7 Å². The molecule has 4 heterocycles. The van der Waals surface area contributed by atoms with Crippen molar-refractivity contribution in [3.8, 4) is 0 Å². The normalized spacial score (nSPS) is 26.1. The van der Waals surface area contributed by atoms with Gasteiger partial charge >= 0.3 is 5.97 Å². The van der Waals surface area contributed by atoms with Crippen LogP contribution in [0.15, 0.2) is 15.8 Å². The van der Waals surface area contributed by atoms with E-state index in [-0.39, 0.29) is 32.2 Å². The fourth-order valence-corrected chi connectivity index (χ4v) is 8.25. The Morgan fingerprint density at radius 3 is 2.81 bits per heavy atom. The van der Waals surface area contributed by atoms with Crippen molar-refractivity contribution in [2.75, 3.05) is 30.3 Å². The predicted octanol–water partition coefficient (Wildman–Crippen LogP) is 0.888. The predicted molar refractivity (Wildman–Crippen MR) is 145 cm³/mol. The number of carbonyl (C=O) groups is 3. The summed E-state index contributed by atoms with van der Waals surface area (Å²) in [5, 5.41) is 28.7. The van der Waals surface area contributed by atoms with Crippen LogP contribution < -0.4 is 22.1 Å². The number of oxime groups is 1. The molecule has 1 aromatic rings. The third kappa shape index (κ3) is 5.86. The Morgan fingerprint density at radius 1 is 1.38 bits per heavy atom. The van der Waals surface area contributed by atoms with Crippen LogP contribution in [0.2, 0.25) is 4.34 Å². The van der Waals surface area contributed by atoms with E-state index in [2.05, 4.69) is 20.8 Å². The number of halogens is 1. The first-order valence-electron chi connectivity index (χ1n) is 11.7. The molecule has 3 aliphatic rings. The molecule has 37 heavy (non-hydrogen) atoms. The van der Waals surface area contributed by atoms with E-state index < -0.39 is 35.6 Å². The van der Waals surface area contributed by atoms with Crippen LogP contribution in [0.4, 0.5) is 5.13 Å². The minimum Gasteiger partial charge on any atom is -0.477 e. The van der Waals surface area contributed by atoms with Crippen LogP contribution in [0.3, 0.4) is 0 Å². The number of hydrogen-bond acceptors (Lipinski definition) is 12. The zero-order valence-electron chi connectivity index (χ0n) is 19.7. The van der Waals surface area contributed by atoms with Crippen molar-refractivity contribution in [2.45, 2.75) is 49.1 Å². The number of aliphatic carboxylic acids is 1. The van der Waals surface area contributed by atoms with E-state index >= 15 is 0 Å². The Bertz CT molecular complexity index is 1130. The SMILES string of the molecule is NCCSCC1NCCCC1SC1=C(C(=O)O)N2C(=O)[C@@H](NC(=O)/C(=N\O)c3nc(N)sc3Cl)[C@H]2CC1. The lowest BCUT2D eigenvalue weighted by Crippen LogP contribution is -2.72. The van der Waals surface area contributed by atoms with Crippen molar-refractivity contribution in [2.24, 2.45) is 10.9 Å². The zero-order chi connectivity index (χ0) is 26.7. The molecule has 4 atom stereocenters. The number of nitrogens with two attached hydrogens (primary N) is 2. The number of fused-ring (bicyclic) bond motifs is 1. The van der Waals surface area contributed by atoms with Gasteiger partial charge in [0.2, 0.25) is 0 Å². The number of amides is 2. The number of allylic oxidation sites excluding steroid dienone is 1. The van der Waals surface area contributed by atoms with E-state index in [9.17, 15) is 24.7 Å². The second kappa shape index (κ2) is 12.2. The molecule has 2 saturated heterocycles. The molecule has 3 aliphatic heterocycles. The maximum atomic E-state index is 13.1. The number of hydrogen-bond donors (Lipinski definition) is 6. The number of thioether (sulfide) groups is 2. The van der Waals surface area contributed by atoms with Crippen LogP contribution in [0.5, 0.6) is 0 Å². The minimum absolute atomic E-state index is 0.0259. The van der Waals surface area contributed by atoms with Crippen molar-refractivity contribution < 1.29 is 24.7 Å². The van der Waals surface area contributed by atoms with Crippen LogP contribution in [-0.4, -0.2) is 91.7 Å². The Hall–Kier alpha value is -2.04. The number of thiazole rings is 1. The summed E-state index contributed by atoms with van der Waals surface area (Å²) in [5.41, 5.74) is 10.6. The monoisotopic (exact) mass is 589 g/mol. The molecular weight excluding hydrogens is 562 g/mol. The molecule has 2 unspecified atom stereocenters. The average Bonchev–Trinajstić information content (AvgIpc) is 3.20. The van der Waals surface area contributed by atoms with E-state index in [4.69, 9.17) is 23.1 Å². The first-order valence-corrected chi connectivity index (χ1v) is 14.9. The molecule has 2 fully saturated rings. The summed E-state index contributed by atoms with van der Waals surface area (Å²) in [4.78, 5) is 44.0. The van der Waals surface area contributed by atoms with Gasteiger partial charge in [-0.15, -0.1) is 11.8 Å².